The summed E-state index contributed by atoms with van der Waals surface area (Å²) >= 11 is 0. The van der Waals surface area contributed by atoms with Gasteiger partial charge in [-0.3, -0.25) is 0 Å². The predicted molar refractivity (Wildman–Crippen MR) is 111 cm³/mol. The van der Waals surface area contributed by atoms with Crippen molar-refractivity contribution in [2.45, 2.75) is 58.3 Å². The van der Waals surface area contributed by atoms with Crippen LogP contribution in [-0.2, 0) is 4.74 Å². The van der Waals surface area contributed by atoms with E-state index in [1.165, 1.54) is 56.4 Å². The molecule has 0 aliphatic carbocycles. The van der Waals surface area contributed by atoms with Gasteiger partial charge in [-0.15, -0.1) is 0 Å². The van der Waals surface area contributed by atoms with Crippen LogP contribution in [0.4, 0.5) is 13.2 Å². The first kappa shape index (κ1) is 24.4. The van der Waals surface area contributed by atoms with Crippen LogP contribution < -0.4 is 4.74 Å². The van der Waals surface area contributed by atoms with Gasteiger partial charge in [0.2, 0.25) is 5.82 Å². The summed E-state index contributed by atoms with van der Waals surface area (Å²) in [7, 11) is 0. The molecule has 0 radical (unpaired) electrons. The molecular weight excluding hydrogens is 409 g/mol. The van der Waals surface area contributed by atoms with Gasteiger partial charge in [-0.25, -0.2) is 18.4 Å². The molecule has 0 saturated heterocycles. The summed E-state index contributed by atoms with van der Waals surface area (Å²) in [6.45, 7) is 2.51. The molecule has 2 rings (SSSR count). The molecule has 0 N–H and O–H groups in total. The molecule has 0 saturated carbocycles. The highest BCUT2D eigenvalue weighted by atomic mass is 19.2. The highest BCUT2D eigenvalue weighted by Crippen LogP contribution is 2.23. The fourth-order valence-electron chi connectivity index (χ4n) is 2.97. The highest BCUT2D eigenvalue weighted by Gasteiger charge is 2.18. The molecule has 4 nitrogen and oxygen atoms in total. The second-order valence-electron chi connectivity index (χ2n) is 7.25. The van der Waals surface area contributed by atoms with E-state index in [0.717, 1.165) is 25.3 Å². The van der Waals surface area contributed by atoms with E-state index in [-0.39, 0.29) is 11.1 Å². The maximum atomic E-state index is 13.6. The van der Waals surface area contributed by atoms with Crippen LogP contribution >= 0.6 is 0 Å². The topological polar surface area (TPSA) is 52.6 Å². The minimum atomic E-state index is -1.72. The largest absolute Gasteiger partial charge is 0.462 e. The van der Waals surface area contributed by atoms with Gasteiger partial charge in [0.25, 0.3) is 0 Å². The molecule has 0 bridgehead atoms. The lowest BCUT2D eigenvalue weighted by Crippen LogP contribution is -2.11. The molecule has 0 aliphatic rings. The lowest BCUT2D eigenvalue weighted by atomic mass is 10.1. The van der Waals surface area contributed by atoms with E-state index in [1.807, 2.05) is 0 Å². The van der Waals surface area contributed by atoms with Crippen molar-refractivity contribution in [3.63, 3.8) is 0 Å². The molecule has 2 aromatic rings. The van der Waals surface area contributed by atoms with E-state index >= 15 is 0 Å². The molecule has 7 heteroatoms. The molecule has 0 atom stereocenters. The monoisotopic (exact) mass is 436 g/mol. The van der Waals surface area contributed by atoms with E-state index in [1.54, 1.807) is 0 Å². The lowest BCUT2D eigenvalue weighted by molar-refractivity contribution is 0.0497. The Morgan fingerprint density at radius 3 is 1.87 bits per heavy atom. The van der Waals surface area contributed by atoms with Crippen LogP contribution in [0.25, 0.3) is 0 Å². The number of esters is 2. The molecule has 0 spiro atoms. The van der Waals surface area contributed by atoms with Gasteiger partial charge in [0, 0.05) is 0 Å². The van der Waals surface area contributed by atoms with Crippen molar-refractivity contribution in [1.29, 1.82) is 0 Å². The number of halogens is 3. The second kappa shape index (κ2) is 12.8. The standard InChI is InChI=1S/C24H27F3O4/c1-2-3-4-5-6-7-8-9-16-30-23(28)17-10-12-18(13-11-17)24(29)31-20-15-14-19(25)21(26)22(20)27/h10-15H,2-9,16H2,1H3. The molecule has 31 heavy (non-hydrogen) atoms. The number of carbonyl (C=O) groups excluding carboxylic acids is 2. The predicted octanol–water partition coefficient (Wildman–Crippen LogP) is 6.62. The van der Waals surface area contributed by atoms with E-state index in [2.05, 4.69) is 6.92 Å². The zero-order chi connectivity index (χ0) is 22.6. The van der Waals surface area contributed by atoms with Crippen molar-refractivity contribution in [3.8, 4) is 5.75 Å². The molecular formula is C24H27F3O4. The van der Waals surface area contributed by atoms with Crippen LogP contribution in [0.2, 0.25) is 0 Å². The first-order valence-corrected chi connectivity index (χ1v) is 10.6. The van der Waals surface area contributed by atoms with Crippen molar-refractivity contribution in [2.75, 3.05) is 6.61 Å². The number of unbranched alkanes of at least 4 members (excludes halogenated alkanes) is 7. The molecule has 0 aromatic heterocycles. The van der Waals surface area contributed by atoms with Gasteiger partial charge >= 0.3 is 11.9 Å². The summed E-state index contributed by atoms with van der Waals surface area (Å²) in [6.07, 6.45) is 9.13. The molecule has 0 unspecified atom stereocenters. The van der Waals surface area contributed by atoms with Crippen LogP contribution in [0.1, 0.15) is 79.0 Å². The van der Waals surface area contributed by atoms with Gasteiger partial charge in [-0.1, -0.05) is 51.9 Å². The van der Waals surface area contributed by atoms with Gasteiger partial charge in [0.1, 0.15) is 0 Å². The Morgan fingerprint density at radius 1 is 0.710 bits per heavy atom. The molecule has 0 amide bonds. The summed E-state index contributed by atoms with van der Waals surface area (Å²) in [5.74, 6) is -6.89. The quantitative estimate of drug-likeness (QED) is 0.162. The van der Waals surface area contributed by atoms with E-state index in [4.69, 9.17) is 9.47 Å². The van der Waals surface area contributed by atoms with Gasteiger partial charge < -0.3 is 9.47 Å². The molecule has 2 aromatic carbocycles. The summed E-state index contributed by atoms with van der Waals surface area (Å²) in [4.78, 5) is 24.2. The minimum Gasteiger partial charge on any atom is -0.462 e. The third-order valence-corrected chi connectivity index (χ3v) is 4.79. The van der Waals surface area contributed by atoms with Crippen molar-refractivity contribution >= 4 is 11.9 Å². The summed E-state index contributed by atoms with van der Waals surface area (Å²) in [5.41, 5.74) is 0.277. The molecule has 0 aliphatic heterocycles. The van der Waals surface area contributed by atoms with E-state index in [9.17, 15) is 22.8 Å². The van der Waals surface area contributed by atoms with Crippen LogP contribution in [0.5, 0.6) is 5.75 Å². The zero-order valence-electron chi connectivity index (χ0n) is 17.6. The van der Waals surface area contributed by atoms with E-state index < -0.39 is 35.1 Å². The third-order valence-electron chi connectivity index (χ3n) is 4.79. The van der Waals surface area contributed by atoms with E-state index in [0.29, 0.717) is 12.7 Å². The SMILES string of the molecule is CCCCCCCCCCOC(=O)c1ccc(C(=O)Oc2ccc(F)c(F)c2F)cc1. The normalized spacial score (nSPS) is 10.7. The maximum Gasteiger partial charge on any atom is 0.343 e. The van der Waals surface area contributed by atoms with Crippen molar-refractivity contribution in [3.05, 3.63) is 65.0 Å². The minimum absolute atomic E-state index is 0.0174. The summed E-state index contributed by atoms with van der Waals surface area (Å²) < 4.78 is 49.8. The number of carbonyl (C=O) groups is 2. The van der Waals surface area contributed by atoms with Gasteiger partial charge in [-0.2, -0.15) is 4.39 Å². The van der Waals surface area contributed by atoms with Gasteiger partial charge in [0.15, 0.2) is 17.4 Å². The first-order chi connectivity index (χ1) is 14.9. The molecule has 0 heterocycles. The van der Waals surface area contributed by atoms with Crippen LogP contribution in [0.3, 0.4) is 0 Å². The van der Waals surface area contributed by atoms with Gasteiger partial charge in [0.05, 0.1) is 17.7 Å². The smallest absolute Gasteiger partial charge is 0.343 e. The Bertz CT molecular complexity index is 866. The third kappa shape index (κ3) is 7.74. The van der Waals surface area contributed by atoms with Crippen molar-refractivity contribution in [2.24, 2.45) is 0 Å². The average Bonchev–Trinajstić information content (AvgIpc) is 2.78. The average molecular weight is 436 g/mol. The summed E-state index contributed by atoms with van der Waals surface area (Å²) in [5, 5.41) is 0. The fourth-order valence-corrected chi connectivity index (χ4v) is 2.97. The molecule has 0 fully saturated rings. The number of rotatable bonds is 12. The Kier molecular flexibility index (Phi) is 10.1. The van der Waals surface area contributed by atoms with Gasteiger partial charge in [-0.05, 0) is 42.8 Å². The number of ether oxygens (including phenoxy) is 2. The first-order valence-electron chi connectivity index (χ1n) is 10.6. The van der Waals surface area contributed by atoms with Crippen LogP contribution in [0.15, 0.2) is 36.4 Å². The Morgan fingerprint density at radius 2 is 1.26 bits per heavy atom. The maximum absolute atomic E-state index is 13.6. The summed E-state index contributed by atoms with van der Waals surface area (Å²) in [6, 6.07) is 6.87. The zero-order valence-corrected chi connectivity index (χ0v) is 17.6. The van der Waals surface area contributed by atoms with Crippen LogP contribution in [-0.4, -0.2) is 18.5 Å². The Labute approximate surface area is 180 Å². The Hall–Kier alpha value is -2.83. The van der Waals surface area contributed by atoms with Crippen LogP contribution in [0, 0.1) is 17.5 Å². The number of hydrogen-bond acceptors (Lipinski definition) is 4. The van der Waals surface area contributed by atoms with Crippen molar-refractivity contribution in [1.82, 2.24) is 0 Å². The number of benzene rings is 2. The van der Waals surface area contributed by atoms with Crippen molar-refractivity contribution < 1.29 is 32.2 Å². The lowest BCUT2D eigenvalue weighted by Gasteiger charge is -2.08. The Balaban J connectivity index is 1.76. The highest BCUT2D eigenvalue weighted by molar-refractivity contribution is 5.94. The fraction of sp³-hybridized carbons (Fsp3) is 0.417. The number of hydrogen-bond donors (Lipinski definition) is 0. The molecule has 168 valence electrons. The second-order valence-corrected chi connectivity index (χ2v) is 7.25.